The first-order valence-corrected chi connectivity index (χ1v) is 8.49. The topological polar surface area (TPSA) is 63.4 Å². The number of nitrogens with zero attached hydrogens (tertiary/aromatic N) is 1. The highest BCUT2D eigenvalue weighted by Crippen LogP contribution is 2.31. The first kappa shape index (κ1) is 14.0. The van der Waals surface area contributed by atoms with Crippen molar-refractivity contribution < 1.29 is 8.42 Å². The van der Waals surface area contributed by atoms with Crippen LogP contribution in [0.4, 0.5) is 0 Å². The van der Waals surface area contributed by atoms with E-state index in [-0.39, 0.29) is 0 Å². The van der Waals surface area contributed by atoms with Gasteiger partial charge in [0, 0.05) is 24.5 Å². The van der Waals surface area contributed by atoms with Crippen molar-refractivity contribution in [1.29, 1.82) is 0 Å². The van der Waals surface area contributed by atoms with Gasteiger partial charge in [0.05, 0.1) is 0 Å². The normalized spacial score (nSPS) is 21.9. The lowest BCUT2D eigenvalue weighted by atomic mass is 9.96. The molecule has 4 nitrogen and oxygen atoms in total. The molecule has 2 N–H and O–H groups in total. The molecule has 102 valence electrons. The summed E-state index contributed by atoms with van der Waals surface area (Å²) in [7, 11) is -3.30. The van der Waals surface area contributed by atoms with E-state index >= 15 is 0 Å². The predicted molar refractivity (Wildman–Crippen MR) is 73.9 cm³/mol. The molecule has 1 unspecified atom stereocenters. The number of nitrogens with two attached hydrogens (primary N) is 1. The molecule has 1 atom stereocenters. The highest BCUT2D eigenvalue weighted by Gasteiger charge is 2.34. The third-order valence-electron chi connectivity index (χ3n) is 3.56. The summed E-state index contributed by atoms with van der Waals surface area (Å²) in [6, 6.07) is 3.47. The molecule has 1 aromatic rings. The zero-order chi connectivity index (χ0) is 13.3. The standard InChI is InChI=1S/C12H20N2O2S2/c1-9(2)10-5-6-14(8-10)18(15,16)12-4-3-11(7-13)17-12/h3-4,9-10H,5-8,13H2,1-2H3. The van der Waals surface area contributed by atoms with Crippen molar-refractivity contribution in [1.82, 2.24) is 4.31 Å². The summed E-state index contributed by atoms with van der Waals surface area (Å²) in [4.78, 5) is 0.910. The Bertz CT molecular complexity index is 508. The molecule has 2 heterocycles. The van der Waals surface area contributed by atoms with Crippen LogP contribution in [0.15, 0.2) is 16.3 Å². The van der Waals surface area contributed by atoms with Gasteiger partial charge < -0.3 is 5.73 Å². The minimum absolute atomic E-state index is 0.398. The van der Waals surface area contributed by atoms with Crippen LogP contribution >= 0.6 is 11.3 Å². The van der Waals surface area contributed by atoms with Crippen LogP contribution in [-0.4, -0.2) is 25.8 Å². The van der Waals surface area contributed by atoms with E-state index < -0.39 is 10.0 Å². The van der Waals surface area contributed by atoms with Crippen molar-refractivity contribution in [2.75, 3.05) is 13.1 Å². The maximum absolute atomic E-state index is 12.4. The molecule has 1 saturated heterocycles. The third kappa shape index (κ3) is 2.61. The lowest BCUT2D eigenvalue weighted by molar-refractivity contribution is 0.389. The molecule has 0 aliphatic carbocycles. The quantitative estimate of drug-likeness (QED) is 0.920. The Morgan fingerprint density at radius 3 is 2.72 bits per heavy atom. The van der Waals surface area contributed by atoms with Crippen LogP contribution in [0.25, 0.3) is 0 Å². The summed E-state index contributed by atoms with van der Waals surface area (Å²) in [6.45, 7) is 5.99. The zero-order valence-electron chi connectivity index (χ0n) is 10.8. The van der Waals surface area contributed by atoms with Crippen LogP contribution in [-0.2, 0) is 16.6 Å². The van der Waals surface area contributed by atoms with Crippen LogP contribution in [0, 0.1) is 11.8 Å². The van der Waals surface area contributed by atoms with E-state index in [4.69, 9.17) is 5.73 Å². The second-order valence-electron chi connectivity index (χ2n) is 5.08. The Labute approximate surface area is 113 Å². The Hall–Kier alpha value is -0.430. The number of rotatable bonds is 4. The van der Waals surface area contributed by atoms with Crippen LogP contribution < -0.4 is 5.73 Å². The predicted octanol–water partition coefficient (Wildman–Crippen LogP) is 1.87. The van der Waals surface area contributed by atoms with Crippen LogP contribution in [0.2, 0.25) is 0 Å². The summed E-state index contributed by atoms with van der Waals surface area (Å²) in [6.07, 6.45) is 0.964. The second kappa shape index (κ2) is 5.28. The van der Waals surface area contributed by atoms with Crippen molar-refractivity contribution in [3.8, 4) is 0 Å². The fraction of sp³-hybridized carbons (Fsp3) is 0.667. The van der Waals surface area contributed by atoms with Gasteiger partial charge in [-0.05, 0) is 30.4 Å². The molecular formula is C12H20N2O2S2. The first-order valence-electron chi connectivity index (χ1n) is 6.24. The van der Waals surface area contributed by atoms with Gasteiger partial charge >= 0.3 is 0 Å². The van der Waals surface area contributed by atoms with Gasteiger partial charge in [0.1, 0.15) is 4.21 Å². The van der Waals surface area contributed by atoms with Gasteiger partial charge in [-0.3, -0.25) is 0 Å². The Balaban J connectivity index is 2.17. The van der Waals surface area contributed by atoms with Gasteiger partial charge in [-0.2, -0.15) is 4.31 Å². The van der Waals surface area contributed by atoms with E-state index in [9.17, 15) is 8.42 Å². The number of hydrogen-bond acceptors (Lipinski definition) is 4. The van der Waals surface area contributed by atoms with Crippen molar-refractivity contribution >= 4 is 21.4 Å². The average Bonchev–Trinajstić information content (AvgIpc) is 2.98. The smallest absolute Gasteiger partial charge is 0.252 e. The molecule has 18 heavy (non-hydrogen) atoms. The summed E-state index contributed by atoms with van der Waals surface area (Å²) in [5.74, 6) is 1.02. The molecular weight excluding hydrogens is 268 g/mol. The van der Waals surface area contributed by atoms with E-state index in [1.165, 1.54) is 11.3 Å². The zero-order valence-corrected chi connectivity index (χ0v) is 12.4. The summed E-state index contributed by atoms with van der Waals surface area (Å²) in [5, 5.41) is 0. The molecule has 1 aromatic heterocycles. The van der Waals surface area contributed by atoms with Crippen LogP contribution in [0.1, 0.15) is 25.1 Å². The number of sulfonamides is 1. The molecule has 0 radical (unpaired) electrons. The van der Waals surface area contributed by atoms with Gasteiger partial charge in [0.15, 0.2) is 0 Å². The first-order chi connectivity index (χ1) is 8.45. The summed E-state index contributed by atoms with van der Waals surface area (Å²) >= 11 is 1.28. The van der Waals surface area contributed by atoms with E-state index in [2.05, 4.69) is 13.8 Å². The van der Waals surface area contributed by atoms with Crippen molar-refractivity contribution in [3.63, 3.8) is 0 Å². The molecule has 0 aromatic carbocycles. The monoisotopic (exact) mass is 288 g/mol. The third-order valence-corrected chi connectivity index (χ3v) is 7.00. The van der Waals surface area contributed by atoms with Gasteiger partial charge in [-0.15, -0.1) is 11.3 Å². The fourth-order valence-corrected chi connectivity index (χ4v) is 5.15. The minimum atomic E-state index is -3.30. The highest BCUT2D eigenvalue weighted by atomic mass is 32.2. The van der Waals surface area contributed by atoms with E-state index in [0.717, 1.165) is 11.3 Å². The number of hydrogen-bond donors (Lipinski definition) is 1. The van der Waals surface area contributed by atoms with Crippen molar-refractivity contribution in [2.24, 2.45) is 17.6 Å². The molecule has 1 aliphatic heterocycles. The van der Waals surface area contributed by atoms with Crippen molar-refractivity contribution in [2.45, 2.75) is 31.0 Å². The second-order valence-corrected chi connectivity index (χ2v) is 8.41. The van der Waals surface area contributed by atoms with E-state index in [0.29, 0.717) is 35.7 Å². The molecule has 0 amide bonds. The Kier molecular flexibility index (Phi) is 4.11. The maximum Gasteiger partial charge on any atom is 0.252 e. The van der Waals surface area contributed by atoms with Gasteiger partial charge in [-0.1, -0.05) is 13.8 Å². The number of thiophene rings is 1. The van der Waals surface area contributed by atoms with E-state index in [1.807, 2.05) is 0 Å². The highest BCUT2D eigenvalue weighted by molar-refractivity contribution is 7.91. The van der Waals surface area contributed by atoms with Crippen LogP contribution in [0.3, 0.4) is 0 Å². The largest absolute Gasteiger partial charge is 0.326 e. The SMILES string of the molecule is CC(C)C1CCN(S(=O)(=O)c2ccc(CN)s2)C1. The molecule has 2 rings (SSSR count). The lowest BCUT2D eigenvalue weighted by Crippen LogP contribution is -2.28. The molecule has 6 heteroatoms. The minimum Gasteiger partial charge on any atom is -0.326 e. The van der Waals surface area contributed by atoms with Crippen LogP contribution in [0.5, 0.6) is 0 Å². The van der Waals surface area contributed by atoms with Gasteiger partial charge in [-0.25, -0.2) is 8.42 Å². The summed E-state index contributed by atoms with van der Waals surface area (Å²) < 4.78 is 26.9. The Morgan fingerprint density at radius 1 is 1.50 bits per heavy atom. The molecule has 0 saturated carbocycles. The van der Waals surface area contributed by atoms with E-state index in [1.54, 1.807) is 16.4 Å². The lowest BCUT2D eigenvalue weighted by Gasteiger charge is -2.17. The van der Waals surface area contributed by atoms with Crippen molar-refractivity contribution in [3.05, 3.63) is 17.0 Å². The average molecular weight is 288 g/mol. The molecule has 0 bridgehead atoms. The van der Waals surface area contributed by atoms with Gasteiger partial charge in [0.2, 0.25) is 0 Å². The van der Waals surface area contributed by atoms with Gasteiger partial charge in [0.25, 0.3) is 10.0 Å². The maximum atomic E-state index is 12.4. The molecule has 1 fully saturated rings. The summed E-state index contributed by atoms with van der Waals surface area (Å²) in [5.41, 5.74) is 5.52. The molecule has 1 aliphatic rings. The molecule has 0 spiro atoms. The fourth-order valence-electron chi connectivity index (χ4n) is 2.25. The Morgan fingerprint density at radius 2 is 2.22 bits per heavy atom.